The van der Waals surface area contributed by atoms with E-state index in [-0.39, 0.29) is 0 Å². The van der Waals surface area contributed by atoms with E-state index in [1.807, 2.05) is 0 Å². The van der Waals surface area contributed by atoms with Gasteiger partial charge in [-0.3, -0.25) is 0 Å². The molecule has 0 radical (unpaired) electrons. The topological polar surface area (TPSA) is 29.3 Å². The van der Waals surface area contributed by atoms with E-state index in [1.165, 1.54) is 11.3 Å². The van der Waals surface area contributed by atoms with Gasteiger partial charge in [-0.05, 0) is 25.0 Å². The molecule has 0 heterocycles. The number of aryl methyl sites for hydroxylation is 1. The number of para-hydroxylation sites is 1. The molecule has 0 amide bonds. The van der Waals surface area contributed by atoms with Crippen LogP contribution in [0, 0.1) is 0 Å². The molecule has 0 aliphatic heterocycles. The van der Waals surface area contributed by atoms with Gasteiger partial charge in [0.05, 0.1) is 0 Å². The average Bonchev–Trinajstić information content (AvgIpc) is 2.26. The highest BCUT2D eigenvalue weighted by Gasteiger charge is 2.10. The van der Waals surface area contributed by atoms with E-state index in [1.54, 1.807) is 0 Å². The van der Waals surface area contributed by atoms with Crippen molar-refractivity contribution < 1.29 is 0 Å². The van der Waals surface area contributed by atoms with Crippen molar-refractivity contribution in [2.45, 2.75) is 26.3 Å². The fraction of sp³-hybridized carbons (Fsp3) is 0.500. The Balaban J connectivity index is 2.93. The summed E-state index contributed by atoms with van der Waals surface area (Å²) in [5.41, 5.74) is 8.34. The molecule has 0 saturated carbocycles. The van der Waals surface area contributed by atoms with Gasteiger partial charge in [0.2, 0.25) is 0 Å². The summed E-state index contributed by atoms with van der Waals surface area (Å²) in [4.78, 5) is 2.25. The van der Waals surface area contributed by atoms with Crippen molar-refractivity contribution in [1.82, 2.24) is 0 Å². The summed E-state index contributed by atoms with van der Waals surface area (Å²) < 4.78 is 0. The second-order valence-electron chi connectivity index (χ2n) is 3.68. The number of rotatable bonds is 4. The molecule has 1 aromatic carbocycles. The Morgan fingerprint density at radius 1 is 1.36 bits per heavy atom. The fourth-order valence-electron chi connectivity index (χ4n) is 1.55. The van der Waals surface area contributed by atoms with Gasteiger partial charge < -0.3 is 10.6 Å². The Labute approximate surface area is 86.7 Å². The lowest BCUT2D eigenvalue weighted by molar-refractivity contribution is 0.692. The second-order valence-corrected chi connectivity index (χ2v) is 3.68. The SMILES string of the molecule is CCc1ccccc1N(C)C(C)CN. The summed E-state index contributed by atoms with van der Waals surface area (Å²) in [5.74, 6) is 0. The van der Waals surface area contributed by atoms with Crippen LogP contribution in [-0.2, 0) is 6.42 Å². The van der Waals surface area contributed by atoms with E-state index in [2.05, 4.69) is 50.1 Å². The minimum Gasteiger partial charge on any atom is -0.370 e. The van der Waals surface area contributed by atoms with E-state index in [0.717, 1.165) is 6.42 Å². The van der Waals surface area contributed by atoms with E-state index in [9.17, 15) is 0 Å². The van der Waals surface area contributed by atoms with Gasteiger partial charge in [0.1, 0.15) is 0 Å². The Morgan fingerprint density at radius 2 is 2.00 bits per heavy atom. The minimum absolute atomic E-state index is 0.391. The molecule has 0 aromatic heterocycles. The molecule has 0 aliphatic rings. The van der Waals surface area contributed by atoms with Crippen LogP contribution in [0.3, 0.4) is 0 Å². The number of anilines is 1. The van der Waals surface area contributed by atoms with Gasteiger partial charge >= 0.3 is 0 Å². The Morgan fingerprint density at radius 3 is 2.57 bits per heavy atom. The molecule has 0 fully saturated rings. The lowest BCUT2D eigenvalue weighted by atomic mass is 10.1. The van der Waals surface area contributed by atoms with Crippen LogP contribution >= 0.6 is 0 Å². The molecular weight excluding hydrogens is 172 g/mol. The number of likely N-dealkylation sites (N-methyl/N-ethyl adjacent to an activating group) is 1. The molecule has 2 nitrogen and oxygen atoms in total. The molecule has 0 bridgehead atoms. The number of benzene rings is 1. The molecule has 0 aliphatic carbocycles. The molecule has 2 heteroatoms. The molecule has 0 saturated heterocycles. The first kappa shape index (κ1) is 11.1. The van der Waals surface area contributed by atoms with Crippen LogP contribution in [-0.4, -0.2) is 19.6 Å². The maximum atomic E-state index is 5.66. The molecule has 2 N–H and O–H groups in total. The quantitative estimate of drug-likeness (QED) is 0.791. The first-order chi connectivity index (χ1) is 6.70. The molecule has 0 spiro atoms. The monoisotopic (exact) mass is 192 g/mol. The number of hydrogen-bond donors (Lipinski definition) is 1. The molecule has 1 aromatic rings. The Kier molecular flexibility index (Phi) is 3.96. The zero-order valence-corrected chi connectivity index (χ0v) is 9.33. The molecular formula is C12H20N2. The van der Waals surface area contributed by atoms with Crippen LogP contribution in [0.5, 0.6) is 0 Å². The lowest BCUT2D eigenvalue weighted by Crippen LogP contribution is -2.35. The van der Waals surface area contributed by atoms with Gasteiger partial charge in [0.15, 0.2) is 0 Å². The van der Waals surface area contributed by atoms with E-state index < -0.39 is 0 Å². The summed E-state index contributed by atoms with van der Waals surface area (Å²) >= 11 is 0. The Bertz CT molecular complexity index is 283. The lowest BCUT2D eigenvalue weighted by Gasteiger charge is -2.27. The maximum absolute atomic E-state index is 5.66. The highest BCUT2D eigenvalue weighted by molar-refractivity contribution is 5.53. The van der Waals surface area contributed by atoms with Crippen molar-refractivity contribution >= 4 is 5.69 Å². The van der Waals surface area contributed by atoms with Crippen molar-refractivity contribution in [2.75, 3.05) is 18.5 Å². The van der Waals surface area contributed by atoms with Crippen molar-refractivity contribution in [3.8, 4) is 0 Å². The molecule has 1 atom stereocenters. The van der Waals surface area contributed by atoms with Crippen molar-refractivity contribution in [3.63, 3.8) is 0 Å². The molecule has 78 valence electrons. The van der Waals surface area contributed by atoms with Crippen LogP contribution in [0.2, 0.25) is 0 Å². The van der Waals surface area contributed by atoms with Gasteiger partial charge in [-0.2, -0.15) is 0 Å². The third-order valence-electron chi connectivity index (χ3n) is 2.75. The van der Waals surface area contributed by atoms with Gasteiger partial charge in [0, 0.05) is 25.3 Å². The normalized spacial score (nSPS) is 12.6. The van der Waals surface area contributed by atoms with Crippen LogP contribution in [0.25, 0.3) is 0 Å². The van der Waals surface area contributed by atoms with Gasteiger partial charge in [-0.25, -0.2) is 0 Å². The summed E-state index contributed by atoms with van der Waals surface area (Å²) in [6, 6.07) is 8.89. The van der Waals surface area contributed by atoms with E-state index in [0.29, 0.717) is 12.6 Å². The predicted octanol–water partition coefficient (Wildman–Crippen LogP) is 2.03. The van der Waals surface area contributed by atoms with Crippen LogP contribution in [0.1, 0.15) is 19.4 Å². The molecule has 1 unspecified atom stereocenters. The summed E-state index contributed by atoms with van der Waals surface area (Å²) in [7, 11) is 2.10. The van der Waals surface area contributed by atoms with Gasteiger partial charge in [0.25, 0.3) is 0 Å². The van der Waals surface area contributed by atoms with Crippen LogP contribution in [0.4, 0.5) is 5.69 Å². The number of nitrogens with zero attached hydrogens (tertiary/aromatic N) is 1. The number of nitrogens with two attached hydrogens (primary N) is 1. The third-order valence-corrected chi connectivity index (χ3v) is 2.75. The summed E-state index contributed by atoms with van der Waals surface area (Å²) in [6.07, 6.45) is 1.07. The zero-order chi connectivity index (χ0) is 10.6. The van der Waals surface area contributed by atoms with Gasteiger partial charge in [-0.15, -0.1) is 0 Å². The fourth-order valence-corrected chi connectivity index (χ4v) is 1.55. The zero-order valence-electron chi connectivity index (χ0n) is 9.33. The second kappa shape index (κ2) is 5.01. The first-order valence-corrected chi connectivity index (χ1v) is 5.21. The largest absolute Gasteiger partial charge is 0.370 e. The van der Waals surface area contributed by atoms with Crippen molar-refractivity contribution in [2.24, 2.45) is 5.73 Å². The first-order valence-electron chi connectivity index (χ1n) is 5.21. The van der Waals surface area contributed by atoms with E-state index >= 15 is 0 Å². The summed E-state index contributed by atoms with van der Waals surface area (Å²) in [5, 5.41) is 0. The van der Waals surface area contributed by atoms with Crippen LogP contribution in [0.15, 0.2) is 24.3 Å². The van der Waals surface area contributed by atoms with Crippen LogP contribution < -0.4 is 10.6 Å². The maximum Gasteiger partial charge on any atom is 0.0398 e. The highest BCUT2D eigenvalue weighted by atomic mass is 15.1. The standard InChI is InChI=1S/C12H20N2/c1-4-11-7-5-6-8-12(11)14(3)10(2)9-13/h5-8,10H,4,9,13H2,1-3H3. The average molecular weight is 192 g/mol. The Hall–Kier alpha value is -1.02. The molecule has 1 rings (SSSR count). The van der Waals surface area contributed by atoms with Crippen molar-refractivity contribution in [3.05, 3.63) is 29.8 Å². The van der Waals surface area contributed by atoms with E-state index in [4.69, 9.17) is 5.73 Å². The minimum atomic E-state index is 0.391. The summed E-state index contributed by atoms with van der Waals surface area (Å²) in [6.45, 7) is 5.01. The van der Waals surface area contributed by atoms with Crippen molar-refractivity contribution in [1.29, 1.82) is 0 Å². The number of hydrogen-bond acceptors (Lipinski definition) is 2. The highest BCUT2D eigenvalue weighted by Crippen LogP contribution is 2.20. The predicted molar refractivity (Wildman–Crippen MR) is 62.7 cm³/mol. The smallest absolute Gasteiger partial charge is 0.0398 e. The third kappa shape index (κ3) is 2.26. The molecule has 14 heavy (non-hydrogen) atoms. The van der Waals surface area contributed by atoms with Gasteiger partial charge in [-0.1, -0.05) is 25.1 Å².